The Morgan fingerprint density at radius 1 is 1.21 bits per heavy atom. The molecule has 1 aliphatic rings. The molecule has 3 rings (SSSR count). The number of fused-ring (bicyclic) bond motifs is 1. The van der Waals surface area contributed by atoms with Gasteiger partial charge in [0.2, 0.25) is 0 Å². The Hall–Kier alpha value is -2.01. The summed E-state index contributed by atoms with van der Waals surface area (Å²) in [5.41, 5.74) is 2.54. The van der Waals surface area contributed by atoms with E-state index in [2.05, 4.69) is 38.0 Å². The minimum absolute atomic E-state index is 0.0634. The van der Waals surface area contributed by atoms with Crippen LogP contribution in [0.3, 0.4) is 0 Å². The van der Waals surface area contributed by atoms with Crippen molar-refractivity contribution in [3.05, 3.63) is 46.0 Å². The maximum atomic E-state index is 12.4. The van der Waals surface area contributed by atoms with Crippen molar-refractivity contribution in [2.45, 2.75) is 46.5 Å². The zero-order chi connectivity index (χ0) is 17.5. The number of ketones is 1. The molecule has 1 heterocycles. The average molecular weight is 342 g/mol. The first-order valence-corrected chi connectivity index (χ1v) is 9.01. The normalized spacial score (nSPS) is 16.1. The van der Waals surface area contributed by atoms with Gasteiger partial charge in [-0.05, 0) is 35.4 Å². The first kappa shape index (κ1) is 16.8. The van der Waals surface area contributed by atoms with E-state index < -0.39 is 0 Å². The number of nitrogens with zero attached hydrogens (tertiary/aromatic N) is 1. The zero-order valence-corrected chi connectivity index (χ0v) is 15.3. The molecule has 0 saturated heterocycles. The molecule has 24 heavy (non-hydrogen) atoms. The highest BCUT2D eigenvalue weighted by atomic mass is 32.1. The van der Waals surface area contributed by atoms with Crippen molar-refractivity contribution >= 4 is 28.2 Å². The number of rotatable bonds is 3. The Morgan fingerprint density at radius 2 is 1.88 bits per heavy atom. The number of anilines is 1. The SMILES string of the molecule is CC(C)c1ccc(C(=O)Nc2nc3c(s2)C(=O)CC(C)(C)C3)cc1. The van der Waals surface area contributed by atoms with Gasteiger partial charge in [0.15, 0.2) is 10.9 Å². The molecule has 0 radical (unpaired) electrons. The highest BCUT2D eigenvalue weighted by molar-refractivity contribution is 7.17. The number of hydrogen-bond donors (Lipinski definition) is 1. The lowest BCUT2D eigenvalue weighted by molar-refractivity contribution is 0.0915. The second kappa shape index (κ2) is 6.13. The van der Waals surface area contributed by atoms with E-state index >= 15 is 0 Å². The summed E-state index contributed by atoms with van der Waals surface area (Å²) in [5.74, 6) is 0.366. The molecule has 1 aliphatic carbocycles. The molecule has 0 spiro atoms. The fourth-order valence-electron chi connectivity index (χ4n) is 2.96. The number of Topliss-reactive ketones (excluding diaryl/α,β-unsaturated/α-hetero) is 1. The Labute approximate surface area is 146 Å². The van der Waals surface area contributed by atoms with Crippen LogP contribution < -0.4 is 5.32 Å². The number of carbonyl (C=O) groups is 2. The van der Waals surface area contributed by atoms with Crippen molar-refractivity contribution < 1.29 is 9.59 Å². The van der Waals surface area contributed by atoms with Crippen LogP contribution >= 0.6 is 11.3 Å². The molecule has 0 saturated carbocycles. The van der Waals surface area contributed by atoms with Gasteiger partial charge in [-0.3, -0.25) is 14.9 Å². The summed E-state index contributed by atoms with van der Waals surface area (Å²) in [5, 5.41) is 3.33. The standard InChI is InChI=1S/C19H22N2O2S/c1-11(2)12-5-7-13(8-6-12)17(23)21-18-20-14-9-19(3,4)10-15(22)16(14)24-18/h5-8,11H,9-10H2,1-4H3,(H,20,21,23). The molecule has 0 bridgehead atoms. The molecule has 0 fully saturated rings. The molecule has 1 amide bonds. The largest absolute Gasteiger partial charge is 0.298 e. The number of carbonyl (C=O) groups excluding carboxylic acids is 2. The van der Waals surface area contributed by atoms with Gasteiger partial charge in [-0.15, -0.1) is 0 Å². The number of amides is 1. The van der Waals surface area contributed by atoms with Crippen LogP contribution in [-0.4, -0.2) is 16.7 Å². The van der Waals surface area contributed by atoms with E-state index in [1.165, 1.54) is 16.9 Å². The lowest BCUT2D eigenvalue weighted by atomic mass is 9.78. The molecule has 5 heteroatoms. The van der Waals surface area contributed by atoms with Gasteiger partial charge in [0.1, 0.15) is 0 Å². The highest BCUT2D eigenvalue weighted by Gasteiger charge is 2.34. The molecule has 1 N–H and O–H groups in total. The second-order valence-corrected chi connectivity index (χ2v) is 8.47. The van der Waals surface area contributed by atoms with Gasteiger partial charge in [-0.1, -0.05) is 51.2 Å². The summed E-state index contributed by atoms with van der Waals surface area (Å²) in [6.07, 6.45) is 1.30. The Bertz CT molecular complexity index is 788. The Morgan fingerprint density at radius 3 is 2.50 bits per heavy atom. The van der Waals surface area contributed by atoms with Crippen LogP contribution in [0.15, 0.2) is 24.3 Å². The maximum absolute atomic E-state index is 12.4. The van der Waals surface area contributed by atoms with Gasteiger partial charge < -0.3 is 0 Å². The van der Waals surface area contributed by atoms with Crippen LogP contribution in [-0.2, 0) is 6.42 Å². The summed E-state index contributed by atoms with van der Waals surface area (Å²) < 4.78 is 0. The maximum Gasteiger partial charge on any atom is 0.257 e. The fourth-order valence-corrected chi connectivity index (χ4v) is 3.88. The summed E-state index contributed by atoms with van der Waals surface area (Å²) in [6.45, 7) is 8.38. The molecular weight excluding hydrogens is 320 g/mol. The van der Waals surface area contributed by atoms with Gasteiger partial charge in [0.05, 0.1) is 10.6 Å². The molecule has 0 aliphatic heterocycles. The molecule has 126 valence electrons. The minimum Gasteiger partial charge on any atom is -0.298 e. The predicted octanol–water partition coefficient (Wildman–Crippen LogP) is 4.67. The molecule has 4 nitrogen and oxygen atoms in total. The van der Waals surface area contributed by atoms with Gasteiger partial charge in [0.25, 0.3) is 5.91 Å². The van der Waals surface area contributed by atoms with E-state index in [4.69, 9.17) is 0 Å². The van der Waals surface area contributed by atoms with Crippen molar-refractivity contribution in [3.8, 4) is 0 Å². The molecule has 1 aromatic heterocycles. The summed E-state index contributed by atoms with van der Waals surface area (Å²) in [7, 11) is 0. The number of thiazole rings is 1. The molecule has 2 aromatic rings. The summed E-state index contributed by atoms with van der Waals surface area (Å²) in [4.78, 5) is 29.8. The van der Waals surface area contributed by atoms with Gasteiger partial charge in [0, 0.05) is 12.0 Å². The topological polar surface area (TPSA) is 59.1 Å². The monoisotopic (exact) mass is 342 g/mol. The quantitative estimate of drug-likeness (QED) is 0.881. The van der Waals surface area contributed by atoms with Crippen molar-refractivity contribution in [2.24, 2.45) is 5.41 Å². The second-order valence-electron chi connectivity index (χ2n) is 7.47. The minimum atomic E-state index is -0.192. The first-order valence-electron chi connectivity index (χ1n) is 8.19. The zero-order valence-electron chi connectivity index (χ0n) is 14.5. The lowest BCUT2D eigenvalue weighted by Gasteiger charge is -2.26. The fraction of sp³-hybridized carbons (Fsp3) is 0.421. The third-order valence-corrected chi connectivity index (χ3v) is 5.35. The summed E-state index contributed by atoms with van der Waals surface area (Å²) >= 11 is 1.28. The number of aromatic nitrogens is 1. The number of nitrogens with one attached hydrogen (secondary N) is 1. The van der Waals surface area contributed by atoms with E-state index in [0.29, 0.717) is 27.9 Å². The van der Waals surface area contributed by atoms with E-state index in [1.807, 2.05) is 24.3 Å². The Balaban J connectivity index is 1.77. The lowest BCUT2D eigenvalue weighted by Crippen LogP contribution is -2.26. The summed E-state index contributed by atoms with van der Waals surface area (Å²) in [6, 6.07) is 7.59. The third kappa shape index (κ3) is 3.41. The van der Waals surface area contributed by atoms with Crippen LogP contribution in [0.5, 0.6) is 0 Å². The highest BCUT2D eigenvalue weighted by Crippen LogP contribution is 2.38. The van der Waals surface area contributed by atoms with E-state index in [0.717, 1.165) is 12.1 Å². The number of hydrogen-bond acceptors (Lipinski definition) is 4. The predicted molar refractivity (Wildman–Crippen MR) is 97.0 cm³/mol. The molecule has 0 unspecified atom stereocenters. The van der Waals surface area contributed by atoms with Crippen LogP contribution in [0.2, 0.25) is 0 Å². The molecule has 1 aromatic carbocycles. The first-order chi connectivity index (χ1) is 11.2. The van der Waals surface area contributed by atoms with Crippen molar-refractivity contribution in [1.29, 1.82) is 0 Å². The van der Waals surface area contributed by atoms with Crippen molar-refractivity contribution in [2.75, 3.05) is 5.32 Å². The number of benzene rings is 1. The van der Waals surface area contributed by atoms with Crippen LogP contribution in [0.1, 0.15) is 71.3 Å². The van der Waals surface area contributed by atoms with Gasteiger partial charge in [-0.25, -0.2) is 4.98 Å². The smallest absolute Gasteiger partial charge is 0.257 e. The van der Waals surface area contributed by atoms with Gasteiger partial charge in [-0.2, -0.15) is 0 Å². The van der Waals surface area contributed by atoms with Crippen LogP contribution in [0.4, 0.5) is 5.13 Å². The van der Waals surface area contributed by atoms with E-state index in [1.54, 1.807) is 0 Å². The van der Waals surface area contributed by atoms with E-state index in [-0.39, 0.29) is 17.1 Å². The Kier molecular flexibility index (Phi) is 4.30. The van der Waals surface area contributed by atoms with Crippen molar-refractivity contribution in [1.82, 2.24) is 4.98 Å². The van der Waals surface area contributed by atoms with Crippen molar-refractivity contribution in [3.63, 3.8) is 0 Å². The van der Waals surface area contributed by atoms with Gasteiger partial charge >= 0.3 is 0 Å². The molecule has 0 atom stereocenters. The van der Waals surface area contributed by atoms with E-state index in [9.17, 15) is 9.59 Å². The van der Waals surface area contributed by atoms with Crippen LogP contribution in [0.25, 0.3) is 0 Å². The van der Waals surface area contributed by atoms with Crippen LogP contribution in [0, 0.1) is 5.41 Å². The average Bonchev–Trinajstić information content (AvgIpc) is 2.88. The molecular formula is C19H22N2O2S. The third-order valence-electron chi connectivity index (χ3n) is 4.30.